The van der Waals surface area contributed by atoms with E-state index in [4.69, 9.17) is 14.2 Å². The Hall–Kier alpha value is -3.67. The van der Waals surface area contributed by atoms with Crippen LogP contribution in [0.3, 0.4) is 0 Å². The van der Waals surface area contributed by atoms with E-state index in [2.05, 4.69) is 0 Å². The maximum atomic E-state index is 13.2. The third-order valence-electron chi connectivity index (χ3n) is 6.83. The number of ketones is 1. The van der Waals surface area contributed by atoms with Gasteiger partial charge in [0.15, 0.2) is 17.3 Å². The molecule has 0 fully saturated rings. The number of carbonyl (C=O) groups is 1. The average Bonchev–Trinajstić information content (AvgIpc) is 2.78. The molecule has 0 radical (unpaired) electrons. The fraction of sp³-hybridized carbons (Fsp3) is 0.240. The van der Waals surface area contributed by atoms with Crippen LogP contribution in [0.5, 0.6) is 28.7 Å². The molecule has 3 atom stereocenters. The monoisotopic (exact) mass is 416 g/mol. The quantitative estimate of drug-likeness (QED) is 0.631. The third kappa shape index (κ3) is 2.19. The largest absolute Gasteiger partial charge is 0.507 e. The molecule has 3 aromatic rings. The maximum absolute atomic E-state index is 13.2. The number of carbonyl (C=O) groups excluding carboxylic acids is 1. The first-order chi connectivity index (χ1) is 15.0. The van der Waals surface area contributed by atoms with Crippen molar-refractivity contribution in [3.63, 3.8) is 0 Å². The van der Waals surface area contributed by atoms with Crippen molar-refractivity contribution in [2.45, 2.75) is 24.4 Å². The number of fused-ring (bicyclic) bond motifs is 5. The van der Waals surface area contributed by atoms with Crippen molar-refractivity contribution in [2.75, 3.05) is 14.2 Å². The molecule has 2 aliphatic carbocycles. The zero-order valence-corrected chi connectivity index (χ0v) is 17.0. The van der Waals surface area contributed by atoms with Gasteiger partial charge in [-0.05, 0) is 23.3 Å². The first-order valence-electron chi connectivity index (χ1n) is 10.2. The third-order valence-corrected chi connectivity index (χ3v) is 6.83. The Labute approximate surface area is 178 Å². The standard InChI is InChI=1S/C25H20O6/c1-29-17-8-7-12-19(24(17)28)22-18(30-2)10-15(27)21-14(26)9-13-11-5-3-4-6-16(11)31-25(12)20(13)23(21)22/h3-8,10,13,20,25,27-28H,9H2,1-2H3. The lowest BCUT2D eigenvalue weighted by atomic mass is 9.61. The van der Waals surface area contributed by atoms with Crippen LogP contribution in [0.25, 0.3) is 11.1 Å². The van der Waals surface area contributed by atoms with Gasteiger partial charge in [0.05, 0.1) is 19.8 Å². The Kier molecular flexibility index (Phi) is 3.61. The summed E-state index contributed by atoms with van der Waals surface area (Å²) in [6.45, 7) is 0. The second-order valence-electron chi connectivity index (χ2n) is 8.18. The van der Waals surface area contributed by atoms with E-state index in [1.807, 2.05) is 30.3 Å². The topological polar surface area (TPSA) is 85.2 Å². The van der Waals surface area contributed by atoms with Crippen LogP contribution in [0.4, 0.5) is 0 Å². The number of ether oxygens (including phenoxy) is 3. The summed E-state index contributed by atoms with van der Waals surface area (Å²) in [5, 5.41) is 21.9. The Morgan fingerprint density at radius 3 is 2.48 bits per heavy atom. The van der Waals surface area contributed by atoms with Crippen LogP contribution in [0.2, 0.25) is 0 Å². The number of Topliss-reactive ketones (excluding diaryl/α,β-unsaturated/α-hetero) is 1. The van der Waals surface area contributed by atoms with Gasteiger partial charge < -0.3 is 24.4 Å². The molecule has 6 nitrogen and oxygen atoms in total. The molecule has 6 heteroatoms. The number of phenolic OH excluding ortho intramolecular Hbond substituents is 2. The van der Waals surface area contributed by atoms with E-state index in [1.165, 1.54) is 20.3 Å². The zero-order chi connectivity index (χ0) is 21.4. The number of benzene rings is 3. The molecule has 1 heterocycles. The van der Waals surface area contributed by atoms with Gasteiger partial charge in [-0.2, -0.15) is 0 Å². The van der Waals surface area contributed by atoms with E-state index in [0.717, 1.165) is 16.9 Å². The zero-order valence-electron chi connectivity index (χ0n) is 17.0. The molecule has 0 bridgehead atoms. The molecule has 3 aromatic carbocycles. The van der Waals surface area contributed by atoms with Gasteiger partial charge in [-0.3, -0.25) is 4.79 Å². The number of hydrogen-bond acceptors (Lipinski definition) is 6. The van der Waals surface area contributed by atoms with Crippen molar-refractivity contribution in [3.05, 3.63) is 64.7 Å². The summed E-state index contributed by atoms with van der Waals surface area (Å²) < 4.78 is 17.4. The molecule has 1 aliphatic heterocycles. The first kappa shape index (κ1) is 18.1. The molecular formula is C25H20O6. The van der Waals surface area contributed by atoms with Gasteiger partial charge in [0.2, 0.25) is 0 Å². The summed E-state index contributed by atoms with van der Waals surface area (Å²) in [5.41, 5.74) is 3.88. The van der Waals surface area contributed by atoms with Crippen molar-refractivity contribution < 1.29 is 29.2 Å². The van der Waals surface area contributed by atoms with E-state index < -0.39 is 6.10 Å². The molecule has 0 saturated carbocycles. The predicted octanol–water partition coefficient (Wildman–Crippen LogP) is 4.68. The highest BCUT2D eigenvalue weighted by Gasteiger charge is 2.51. The van der Waals surface area contributed by atoms with Gasteiger partial charge >= 0.3 is 0 Å². The molecule has 6 rings (SSSR count). The van der Waals surface area contributed by atoms with Crippen molar-refractivity contribution in [1.82, 2.24) is 0 Å². The van der Waals surface area contributed by atoms with Gasteiger partial charge in [0, 0.05) is 41.0 Å². The van der Waals surface area contributed by atoms with Gasteiger partial charge in [-0.1, -0.05) is 24.3 Å². The SMILES string of the molecule is COc1ccc2c(c1O)-c1c(OC)cc(O)c3c1C1C(CC3=O)c3ccccc3OC21. The van der Waals surface area contributed by atoms with Crippen LogP contribution < -0.4 is 14.2 Å². The Morgan fingerprint density at radius 2 is 1.71 bits per heavy atom. The molecule has 0 aromatic heterocycles. The lowest BCUT2D eigenvalue weighted by Crippen LogP contribution is -2.37. The number of hydrogen-bond donors (Lipinski definition) is 2. The molecule has 0 spiro atoms. The minimum atomic E-state index is -0.419. The summed E-state index contributed by atoms with van der Waals surface area (Å²) in [6.07, 6.45) is -0.136. The number of methoxy groups -OCH3 is 2. The van der Waals surface area contributed by atoms with E-state index in [1.54, 1.807) is 6.07 Å². The fourth-order valence-corrected chi connectivity index (χ4v) is 5.62. The Bertz CT molecular complexity index is 1280. The normalized spacial score (nSPS) is 22.0. The van der Waals surface area contributed by atoms with Crippen molar-refractivity contribution >= 4 is 5.78 Å². The van der Waals surface area contributed by atoms with Crippen LogP contribution in [-0.4, -0.2) is 30.2 Å². The van der Waals surface area contributed by atoms with Crippen LogP contribution in [0.1, 0.15) is 51.4 Å². The fourth-order valence-electron chi connectivity index (χ4n) is 5.62. The predicted molar refractivity (Wildman–Crippen MR) is 113 cm³/mol. The number of rotatable bonds is 2. The van der Waals surface area contributed by atoms with Gasteiger partial charge in [-0.15, -0.1) is 0 Å². The molecule has 156 valence electrons. The van der Waals surface area contributed by atoms with E-state index >= 15 is 0 Å². The second kappa shape index (κ2) is 6.17. The minimum absolute atomic E-state index is 0.0401. The Morgan fingerprint density at radius 1 is 0.935 bits per heavy atom. The Balaban J connectivity index is 1.77. The molecule has 0 amide bonds. The highest BCUT2D eigenvalue weighted by molar-refractivity contribution is 6.06. The van der Waals surface area contributed by atoms with Crippen LogP contribution in [-0.2, 0) is 0 Å². The molecule has 31 heavy (non-hydrogen) atoms. The highest BCUT2D eigenvalue weighted by Crippen LogP contribution is 2.65. The van der Waals surface area contributed by atoms with Crippen LogP contribution in [0, 0.1) is 0 Å². The summed E-state index contributed by atoms with van der Waals surface area (Å²) in [5.74, 6) is 0.879. The molecule has 3 unspecified atom stereocenters. The minimum Gasteiger partial charge on any atom is -0.507 e. The van der Waals surface area contributed by atoms with Gasteiger partial charge in [0.25, 0.3) is 0 Å². The van der Waals surface area contributed by atoms with Gasteiger partial charge in [0.1, 0.15) is 23.4 Å². The van der Waals surface area contributed by atoms with Gasteiger partial charge in [-0.25, -0.2) is 0 Å². The number of phenols is 2. The van der Waals surface area contributed by atoms with Crippen molar-refractivity contribution in [2.24, 2.45) is 0 Å². The molecular weight excluding hydrogens is 396 g/mol. The summed E-state index contributed by atoms with van der Waals surface area (Å²) >= 11 is 0. The first-order valence-corrected chi connectivity index (χ1v) is 10.2. The molecule has 3 aliphatic rings. The lowest BCUT2D eigenvalue weighted by molar-refractivity contribution is 0.0868. The lowest BCUT2D eigenvalue weighted by Gasteiger charge is -2.47. The number of aromatic hydroxyl groups is 2. The summed E-state index contributed by atoms with van der Waals surface area (Å²) in [4.78, 5) is 13.2. The van der Waals surface area contributed by atoms with Crippen molar-refractivity contribution in [1.29, 1.82) is 0 Å². The summed E-state index contributed by atoms with van der Waals surface area (Å²) in [7, 11) is 3.00. The van der Waals surface area contributed by atoms with Crippen LogP contribution in [0.15, 0.2) is 42.5 Å². The second-order valence-corrected chi connectivity index (χ2v) is 8.18. The smallest absolute Gasteiger partial charge is 0.167 e. The van der Waals surface area contributed by atoms with E-state index in [9.17, 15) is 15.0 Å². The molecule has 0 saturated heterocycles. The van der Waals surface area contributed by atoms with E-state index in [-0.39, 0.29) is 41.1 Å². The molecule has 2 N–H and O–H groups in total. The highest BCUT2D eigenvalue weighted by atomic mass is 16.5. The number of para-hydroxylation sites is 1. The van der Waals surface area contributed by atoms with E-state index in [0.29, 0.717) is 28.2 Å². The van der Waals surface area contributed by atoms with Crippen molar-refractivity contribution in [3.8, 4) is 39.9 Å². The van der Waals surface area contributed by atoms with Crippen LogP contribution >= 0.6 is 0 Å². The average molecular weight is 416 g/mol. The summed E-state index contributed by atoms with van der Waals surface area (Å²) in [6, 6.07) is 12.8. The maximum Gasteiger partial charge on any atom is 0.167 e.